The average Bonchev–Trinajstić information content (AvgIpc) is 3.61. The van der Waals surface area contributed by atoms with Gasteiger partial charge in [-0.15, -0.1) is 0 Å². The fourth-order valence-electron chi connectivity index (χ4n) is 3.33. The largest absolute Gasteiger partial charge is 0.348 e. The van der Waals surface area contributed by atoms with Crippen molar-refractivity contribution in [3.8, 4) is 11.3 Å². The number of carbonyl (C=O) groups is 2. The number of halogens is 2. The van der Waals surface area contributed by atoms with Crippen molar-refractivity contribution >= 4 is 45.0 Å². The topological polar surface area (TPSA) is 75.2 Å². The molecule has 0 unspecified atom stereocenters. The third-order valence-corrected chi connectivity index (χ3v) is 6.09. The van der Waals surface area contributed by atoms with Gasteiger partial charge >= 0.3 is 0 Å². The van der Waals surface area contributed by atoms with Crippen LogP contribution in [0, 0.1) is 5.92 Å². The second-order valence-electron chi connectivity index (χ2n) is 7.84. The van der Waals surface area contributed by atoms with E-state index in [2.05, 4.69) is 31.2 Å². The molecule has 1 aliphatic rings. The van der Waals surface area contributed by atoms with Crippen LogP contribution in [0.4, 0.5) is 5.69 Å². The van der Waals surface area contributed by atoms with Crippen LogP contribution >= 0.6 is 27.5 Å². The third-order valence-electron chi connectivity index (χ3n) is 5.32. The van der Waals surface area contributed by atoms with Crippen molar-refractivity contribution in [1.82, 2.24) is 15.3 Å². The van der Waals surface area contributed by atoms with Crippen molar-refractivity contribution in [2.75, 3.05) is 11.4 Å². The van der Waals surface area contributed by atoms with Gasteiger partial charge in [0.1, 0.15) is 4.60 Å². The van der Waals surface area contributed by atoms with Gasteiger partial charge in [0.15, 0.2) is 0 Å². The maximum absolute atomic E-state index is 12.4. The molecule has 1 saturated carbocycles. The lowest BCUT2D eigenvalue weighted by Gasteiger charge is -2.22. The Morgan fingerprint density at radius 1 is 1.12 bits per heavy atom. The summed E-state index contributed by atoms with van der Waals surface area (Å²) in [5, 5.41) is 3.37. The van der Waals surface area contributed by atoms with Gasteiger partial charge in [0.25, 0.3) is 5.91 Å². The first-order chi connectivity index (χ1) is 15.4. The number of hydrogen-bond acceptors (Lipinski definition) is 4. The van der Waals surface area contributed by atoms with E-state index in [1.165, 1.54) is 0 Å². The number of carbonyl (C=O) groups excluding carboxylic acids is 2. The second kappa shape index (κ2) is 9.79. The van der Waals surface area contributed by atoms with Crippen LogP contribution < -0.4 is 10.2 Å². The smallest absolute Gasteiger partial charge is 0.253 e. The minimum Gasteiger partial charge on any atom is -0.348 e. The van der Waals surface area contributed by atoms with Crippen LogP contribution in [0.5, 0.6) is 0 Å². The monoisotopic (exact) mass is 512 g/mol. The zero-order valence-corrected chi connectivity index (χ0v) is 19.9. The molecule has 2 amide bonds. The zero-order chi connectivity index (χ0) is 22.7. The lowest BCUT2D eigenvalue weighted by molar-refractivity contribution is -0.116. The molecule has 0 bridgehead atoms. The lowest BCUT2D eigenvalue weighted by Crippen LogP contribution is -2.30. The highest BCUT2D eigenvalue weighted by molar-refractivity contribution is 9.10. The van der Waals surface area contributed by atoms with Gasteiger partial charge in [0.2, 0.25) is 5.91 Å². The number of nitrogens with one attached hydrogen (secondary N) is 1. The number of aromatic nitrogens is 2. The Balaban J connectivity index is 1.43. The van der Waals surface area contributed by atoms with Crippen molar-refractivity contribution < 1.29 is 9.59 Å². The van der Waals surface area contributed by atoms with Crippen molar-refractivity contribution in [2.24, 2.45) is 5.92 Å². The molecule has 1 aromatic carbocycles. The summed E-state index contributed by atoms with van der Waals surface area (Å²) >= 11 is 9.81. The minimum absolute atomic E-state index is 0.0149. The second-order valence-corrected chi connectivity index (χ2v) is 9.06. The van der Waals surface area contributed by atoms with Gasteiger partial charge in [-0.3, -0.25) is 14.6 Å². The van der Waals surface area contributed by atoms with E-state index >= 15 is 0 Å². The molecule has 1 aliphatic carbocycles. The van der Waals surface area contributed by atoms with Gasteiger partial charge < -0.3 is 10.2 Å². The Morgan fingerprint density at radius 3 is 2.53 bits per heavy atom. The highest BCUT2D eigenvalue weighted by atomic mass is 79.9. The lowest BCUT2D eigenvalue weighted by atomic mass is 10.1. The Bertz CT molecular complexity index is 1130. The summed E-state index contributed by atoms with van der Waals surface area (Å²) in [6.07, 6.45) is 5.56. The number of nitrogens with zero attached hydrogens (tertiary/aromatic N) is 3. The predicted molar refractivity (Wildman–Crippen MR) is 129 cm³/mol. The van der Waals surface area contributed by atoms with Crippen LogP contribution in [0.25, 0.3) is 11.3 Å². The Labute approximate surface area is 200 Å². The van der Waals surface area contributed by atoms with E-state index in [1.54, 1.807) is 36.4 Å². The summed E-state index contributed by atoms with van der Waals surface area (Å²) in [6, 6.07) is 12.8. The number of amides is 2. The summed E-state index contributed by atoms with van der Waals surface area (Å²) in [7, 11) is 0. The van der Waals surface area contributed by atoms with Gasteiger partial charge in [-0.05, 0) is 70.6 Å². The standard InChI is InChI=1S/C24H22BrClN4O2/c1-15(31)30(14-16-2-3-16)22-8-6-18(10-20(22)26)21-7-5-19(13-27-21)24(32)29-12-17-4-9-23(25)28-11-17/h4-11,13,16H,2-3,12,14H2,1H3,(H,29,32). The van der Waals surface area contributed by atoms with E-state index in [0.29, 0.717) is 41.0 Å². The molecule has 6 nitrogen and oxygen atoms in total. The van der Waals surface area contributed by atoms with Crippen molar-refractivity contribution in [3.63, 3.8) is 0 Å². The zero-order valence-electron chi connectivity index (χ0n) is 17.5. The molecular formula is C24H22BrClN4O2. The first-order valence-corrected chi connectivity index (χ1v) is 11.5. The first-order valence-electron chi connectivity index (χ1n) is 10.3. The molecule has 3 aromatic rings. The highest BCUT2D eigenvalue weighted by Crippen LogP contribution is 2.35. The van der Waals surface area contributed by atoms with E-state index in [9.17, 15) is 9.59 Å². The average molecular weight is 514 g/mol. The SMILES string of the molecule is CC(=O)N(CC1CC1)c1ccc(-c2ccc(C(=O)NCc3ccc(Br)nc3)cn2)cc1Cl. The molecule has 1 N–H and O–H groups in total. The maximum Gasteiger partial charge on any atom is 0.253 e. The van der Waals surface area contributed by atoms with Gasteiger partial charge in [-0.2, -0.15) is 0 Å². The summed E-state index contributed by atoms with van der Waals surface area (Å²) < 4.78 is 0.748. The van der Waals surface area contributed by atoms with Crippen LogP contribution in [-0.4, -0.2) is 28.3 Å². The van der Waals surface area contributed by atoms with E-state index in [-0.39, 0.29) is 11.8 Å². The maximum atomic E-state index is 12.4. The van der Waals surface area contributed by atoms with E-state index in [0.717, 1.165) is 28.6 Å². The molecule has 0 saturated heterocycles. The molecule has 2 heterocycles. The van der Waals surface area contributed by atoms with Crippen LogP contribution in [0.15, 0.2) is 59.5 Å². The number of hydrogen-bond donors (Lipinski definition) is 1. The molecule has 0 aliphatic heterocycles. The fourth-order valence-corrected chi connectivity index (χ4v) is 3.85. The molecule has 8 heteroatoms. The van der Waals surface area contributed by atoms with Crippen LogP contribution in [0.2, 0.25) is 5.02 Å². The molecule has 164 valence electrons. The first kappa shape index (κ1) is 22.4. The minimum atomic E-state index is -0.211. The van der Waals surface area contributed by atoms with Gasteiger partial charge in [0, 0.05) is 38.0 Å². The highest BCUT2D eigenvalue weighted by Gasteiger charge is 2.27. The normalized spacial score (nSPS) is 13.0. The Kier molecular flexibility index (Phi) is 6.86. The number of anilines is 1. The van der Waals surface area contributed by atoms with E-state index in [4.69, 9.17) is 11.6 Å². The van der Waals surface area contributed by atoms with Crippen LogP contribution in [-0.2, 0) is 11.3 Å². The molecule has 0 radical (unpaired) electrons. The quantitative estimate of drug-likeness (QED) is 0.438. The molecule has 0 atom stereocenters. The molecule has 2 aromatic heterocycles. The Morgan fingerprint density at radius 2 is 1.94 bits per heavy atom. The molecule has 1 fully saturated rings. The number of pyridine rings is 2. The van der Waals surface area contributed by atoms with Crippen molar-refractivity contribution in [2.45, 2.75) is 26.3 Å². The Hall–Kier alpha value is -2.77. The van der Waals surface area contributed by atoms with Crippen molar-refractivity contribution in [3.05, 3.63) is 75.6 Å². The van der Waals surface area contributed by atoms with E-state index in [1.807, 2.05) is 30.3 Å². The van der Waals surface area contributed by atoms with Gasteiger partial charge in [0.05, 0.1) is 22.0 Å². The fraction of sp³-hybridized carbons (Fsp3) is 0.250. The number of benzene rings is 1. The van der Waals surface area contributed by atoms with Crippen LogP contribution in [0.1, 0.15) is 35.7 Å². The summed E-state index contributed by atoms with van der Waals surface area (Å²) in [5.41, 5.74) is 3.61. The molecule has 32 heavy (non-hydrogen) atoms. The molecule has 0 spiro atoms. The van der Waals surface area contributed by atoms with Crippen molar-refractivity contribution in [1.29, 1.82) is 0 Å². The third kappa shape index (κ3) is 5.53. The van der Waals surface area contributed by atoms with E-state index < -0.39 is 0 Å². The van der Waals surface area contributed by atoms with Crippen LogP contribution in [0.3, 0.4) is 0 Å². The summed E-state index contributed by atoms with van der Waals surface area (Å²) in [6.45, 7) is 2.64. The van der Waals surface area contributed by atoms with Gasteiger partial charge in [-0.1, -0.05) is 23.7 Å². The predicted octanol–water partition coefficient (Wildman–Crippen LogP) is 5.25. The molecular weight excluding hydrogens is 492 g/mol. The number of rotatable bonds is 7. The summed E-state index contributed by atoms with van der Waals surface area (Å²) in [5.74, 6) is 0.339. The van der Waals surface area contributed by atoms with Gasteiger partial charge in [-0.25, -0.2) is 4.98 Å². The summed E-state index contributed by atoms with van der Waals surface area (Å²) in [4.78, 5) is 34.8. The molecule has 4 rings (SSSR count).